The number of pyridine rings is 1. The van der Waals surface area contributed by atoms with Crippen LogP contribution in [-0.2, 0) is 4.79 Å². The molecule has 1 N–H and O–H groups in total. The van der Waals surface area contributed by atoms with Crippen molar-refractivity contribution in [2.45, 2.75) is 32.0 Å². The van der Waals surface area contributed by atoms with Gasteiger partial charge in [0.1, 0.15) is 0 Å². The van der Waals surface area contributed by atoms with Crippen LogP contribution in [0.25, 0.3) is 5.69 Å². The molecule has 0 fully saturated rings. The second-order valence-corrected chi connectivity index (χ2v) is 7.16. The zero-order valence-electron chi connectivity index (χ0n) is 15.1. The number of carbonyl (C=O) groups is 1. The summed E-state index contributed by atoms with van der Waals surface area (Å²) in [4.78, 5) is 20.8. The number of amides is 1. The van der Waals surface area contributed by atoms with E-state index in [0.29, 0.717) is 5.75 Å². The smallest absolute Gasteiger partial charge is 0.230 e. The second kappa shape index (κ2) is 8.19. The van der Waals surface area contributed by atoms with E-state index in [4.69, 9.17) is 0 Å². The Morgan fingerprint density at radius 3 is 2.81 bits per heavy atom. The second-order valence-electron chi connectivity index (χ2n) is 6.21. The molecular weight excluding hydrogens is 344 g/mol. The van der Waals surface area contributed by atoms with E-state index in [2.05, 4.69) is 47.3 Å². The van der Waals surface area contributed by atoms with Crippen molar-refractivity contribution < 1.29 is 4.79 Å². The van der Waals surface area contributed by atoms with Gasteiger partial charge in [-0.2, -0.15) is 0 Å². The molecule has 0 aliphatic rings. The van der Waals surface area contributed by atoms with Crippen LogP contribution in [0.4, 0.5) is 0 Å². The lowest BCUT2D eigenvalue weighted by atomic mass is 10.1. The number of hydrogen-bond donors (Lipinski definition) is 1. The summed E-state index contributed by atoms with van der Waals surface area (Å²) >= 11 is 1.43. The van der Waals surface area contributed by atoms with Crippen LogP contribution >= 0.6 is 11.8 Å². The summed E-state index contributed by atoms with van der Waals surface area (Å²) in [7, 11) is 0. The summed E-state index contributed by atoms with van der Waals surface area (Å²) in [6.45, 7) is 6.14. The van der Waals surface area contributed by atoms with Gasteiger partial charge in [0.2, 0.25) is 5.91 Å². The van der Waals surface area contributed by atoms with Crippen LogP contribution in [-0.4, -0.2) is 26.2 Å². The SMILES string of the molecule is Cc1ccc(-n2ccnc2SCC(=O)NC(C)c2cccnc2)cc1C. The van der Waals surface area contributed by atoms with Crippen molar-refractivity contribution in [3.63, 3.8) is 0 Å². The standard InChI is InChI=1S/C20H22N4OS/c1-14-6-7-18(11-15(14)2)24-10-9-22-20(24)26-13-19(25)23-16(3)17-5-4-8-21-12-17/h4-12,16H,13H2,1-3H3,(H,23,25). The number of benzene rings is 1. The fourth-order valence-corrected chi connectivity index (χ4v) is 3.38. The van der Waals surface area contributed by atoms with Crippen molar-refractivity contribution in [2.75, 3.05) is 5.75 Å². The lowest BCUT2D eigenvalue weighted by Gasteiger charge is -2.14. The molecule has 134 valence electrons. The monoisotopic (exact) mass is 366 g/mol. The van der Waals surface area contributed by atoms with E-state index < -0.39 is 0 Å². The van der Waals surface area contributed by atoms with Gasteiger partial charge in [-0.05, 0) is 55.7 Å². The van der Waals surface area contributed by atoms with E-state index in [1.807, 2.05) is 29.8 Å². The van der Waals surface area contributed by atoms with Gasteiger partial charge in [-0.1, -0.05) is 23.9 Å². The molecule has 1 unspecified atom stereocenters. The van der Waals surface area contributed by atoms with Gasteiger partial charge in [-0.3, -0.25) is 14.3 Å². The molecule has 3 aromatic rings. The highest BCUT2D eigenvalue weighted by atomic mass is 32.2. The third kappa shape index (κ3) is 4.32. The van der Waals surface area contributed by atoms with Crippen molar-refractivity contribution >= 4 is 17.7 Å². The number of nitrogens with one attached hydrogen (secondary N) is 1. The Morgan fingerprint density at radius 2 is 2.08 bits per heavy atom. The lowest BCUT2D eigenvalue weighted by Crippen LogP contribution is -2.28. The minimum atomic E-state index is -0.0729. The molecule has 3 rings (SSSR count). The minimum absolute atomic E-state index is 0.0269. The molecule has 0 radical (unpaired) electrons. The quantitative estimate of drug-likeness (QED) is 0.673. The Morgan fingerprint density at radius 1 is 1.23 bits per heavy atom. The Labute approximate surface area is 157 Å². The van der Waals surface area contributed by atoms with Gasteiger partial charge in [0.05, 0.1) is 11.8 Å². The van der Waals surface area contributed by atoms with Crippen molar-refractivity contribution in [3.05, 3.63) is 71.8 Å². The molecule has 5 nitrogen and oxygen atoms in total. The molecule has 2 aromatic heterocycles. The van der Waals surface area contributed by atoms with Crippen LogP contribution in [0, 0.1) is 13.8 Å². The zero-order valence-corrected chi connectivity index (χ0v) is 16.0. The highest BCUT2D eigenvalue weighted by Crippen LogP contribution is 2.22. The van der Waals surface area contributed by atoms with Crippen molar-refractivity contribution in [3.8, 4) is 5.69 Å². The molecule has 1 aromatic carbocycles. The first-order chi connectivity index (χ1) is 12.5. The van der Waals surface area contributed by atoms with Crippen LogP contribution in [0.3, 0.4) is 0 Å². The van der Waals surface area contributed by atoms with Crippen molar-refractivity contribution in [1.29, 1.82) is 0 Å². The molecule has 26 heavy (non-hydrogen) atoms. The van der Waals surface area contributed by atoms with E-state index in [0.717, 1.165) is 16.4 Å². The lowest BCUT2D eigenvalue weighted by molar-refractivity contribution is -0.119. The first kappa shape index (κ1) is 18.2. The van der Waals surface area contributed by atoms with E-state index in [1.54, 1.807) is 18.6 Å². The van der Waals surface area contributed by atoms with Crippen molar-refractivity contribution in [2.24, 2.45) is 0 Å². The average Bonchev–Trinajstić information content (AvgIpc) is 3.11. The van der Waals surface area contributed by atoms with Crippen LogP contribution < -0.4 is 5.32 Å². The largest absolute Gasteiger partial charge is 0.349 e. The number of aromatic nitrogens is 3. The predicted molar refractivity (Wildman–Crippen MR) is 105 cm³/mol. The summed E-state index contributed by atoms with van der Waals surface area (Å²) in [5, 5.41) is 3.80. The van der Waals surface area contributed by atoms with Crippen LogP contribution in [0.5, 0.6) is 0 Å². The van der Waals surface area contributed by atoms with Gasteiger partial charge in [-0.25, -0.2) is 4.98 Å². The average molecular weight is 366 g/mol. The normalized spacial score (nSPS) is 12.0. The third-order valence-electron chi connectivity index (χ3n) is 4.27. The molecule has 2 heterocycles. The Hall–Kier alpha value is -2.60. The predicted octanol–water partition coefficient (Wildman–Crippen LogP) is 3.85. The highest BCUT2D eigenvalue weighted by molar-refractivity contribution is 7.99. The topological polar surface area (TPSA) is 59.8 Å². The number of aryl methyl sites for hydroxylation is 2. The molecule has 1 amide bonds. The maximum Gasteiger partial charge on any atom is 0.230 e. The number of thioether (sulfide) groups is 1. The summed E-state index contributed by atoms with van der Waals surface area (Å²) in [5.41, 5.74) is 4.53. The van der Waals surface area contributed by atoms with Gasteiger partial charge in [0.25, 0.3) is 0 Å². The molecule has 0 saturated heterocycles. The molecular formula is C20H22N4OS. The minimum Gasteiger partial charge on any atom is -0.349 e. The summed E-state index contributed by atoms with van der Waals surface area (Å²) < 4.78 is 2.01. The molecule has 0 bridgehead atoms. The molecule has 1 atom stereocenters. The number of rotatable bonds is 6. The van der Waals surface area contributed by atoms with Gasteiger partial charge in [-0.15, -0.1) is 0 Å². The van der Waals surface area contributed by atoms with Crippen LogP contribution in [0.1, 0.15) is 29.7 Å². The maximum atomic E-state index is 12.3. The first-order valence-corrected chi connectivity index (χ1v) is 9.46. The van der Waals surface area contributed by atoms with Gasteiger partial charge in [0, 0.05) is 30.5 Å². The van der Waals surface area contributed by atoms with Crippen LogP contribution in [0.15, 0.2) is 60.3 Å². The third-order valence-corrected chi connectivity index (χ3v) is 5.24. The Bertz CT molecular complexity index is 892. The molecule has 6 heteroatoms. The first-order valence-electron chi connectivity index (χ1n) is 8.47. The van der Waals surface area contributed by atoms with Gasteiger partial charge >= 0.3 is 0 Å². The molecule has 0 aliphatic carbocycles. The molecule has 0 saturated carbocycles. The number of imidazole rings is 1. The fraction of sp³-hybridized carbons (Fsp3) is 0.250. The maximum absolute atomic E-state index is 12.3. The van der Waals surface area contributed by atoms with E-state index >= 15 is 0 Å². The van der Waals surface area contributed by atoms with Crippen molar-refractivity contribution in [1.82, 2.24) is 19.9 Å². The fourth-order valence-electron chi connectivity index (χ4n) is 2.60. The van der Waals surface area contributed by atoms with Gasteiger partial charge < -0.3 is 5.32 Å². The summed E-state index contributed by atoms with van der Waals surface area (Å²) in [6.07, 6.45) is 7.17. The van der Waals surface area contributed by atoms with E-state index in [-0.39, 0.29) is 11.9 Å². The molecule has 0 spiro atoms. The van der Waals surface area contributed by atoms with E-state index in [9.17, 15) is 4.79 Å². The van der Waals surface area contributed by atoms with Gasteiger partial charge in [0.15, 0.2) is 5.16 Å². The molecule has 0 aliphatic heterocycles. The Kier molecular flexibility index (Phi) is 5.73. The zero-order chi connectivity index (χ0) is 18.5. The number of nitrogens with zero attached hydrogens (tertiary/aromatic N) is 3. The Balaban J connectivity index is 1.63. The van der Waals surface area contributed by atoms with Crippen LogP contribution in [0.2, 0.25) is 0 Å². The number of hydrogen-bond acceptors (Lipinski definition) is 4. The summed E-state index contributed by atoms with van der Waals surface area (Å²) in [6, 6.07) is 10.0. The van der Waals surface area contributed by atoms with E-state index in [1.165, 1.54) is 22.9 Å². The highest BCUT2D eigenvalue weighted by Gasteiger charge is 2.12. The summed E-state index contributed by atoms with van der Waals surface area (Å²) in [5.74, 6) is 0.285. The number of carbonyl (C=O) groups excluding carboxylic acids is 1.